The van der Waals surface area contributed by atoms with E-state index in [1.54, 1.807) is 0 Å². The summed E-state index contributed by atoms with van der Waals surface area (Å²) in [6, 6.07) is 15.7. The Bertz CT molecular complexity index is 523. The highest BCUT2D eigenvalue weighted by Gasteiger charge is 2.11. The van der Waals surface area contributed by atoms with E-state index in [0.29, 0.717) is 0 Å². The molecule has 0 aliphatic heterocycles. The Morgan fingerprint density at radius 2 is 1.33 bits per heavy atom. The molecule has 0 amide bonds. The third-order valence-electron chi connectivity index (χ3n) is 2.53. The number of ether oxygens (including phenoxy) is 1. The first kappa shape index (κ1) is 12.8. The van der Waals surface area contributed by atoms with Crippen molar-refractivity contribution in [3.8, 4) is 22.6 Å². The van der Waals surface area contributed by atoms with E-state index in [4.69, 9.17) is 8.92 Å². The molecule has 0 aliphatic carbocycles. The molecule has 2 aromatic rings. The molecule has 0 atom stereocenters. The zero-order chi connectivity index (χ0) is 13.0. The summed E-state index contributed by atoms with van der Waals surface area (Å²) in [7, 11) is 0. The molecule has 94 valence electrons. The number of para-hydroxylation sites is 2. The Kier molecular flexibility index (Phi) is 4.15. The first-order valence-corrected chi connectivity index (χ1v) is 6.25. The van der Waals surface area contributed by atoms with Crippen LogP contribution in [0.1, 0.15) is 13.8 Å². The van der Waals surface area contributed by atoms with E-state index >= 15 is 0 Å². The fourth-order valence-electron chi connectivity index (χ4n) is 1.81. The normalized spacial score (nSPS) is 10.4. The summed E-state index contributed by atoms with van der Waals surface area (Å²) in [5.74, 6) is 1.57. The summed E-state index contributed by atoms with van der Waals surface area (Å²) in [6.07, 6.45) is 0.134. The van der Waals surface area contributed by atoms with Gasteiger partial charge in [0.25, 0.3) is 0 Å². The Balaban J connectivity index is 2.49. The van der Waals surface area contributed by atoms with Gasteiger partial charge in [-0.2, -0.15) is 0 Å². The van der Waals surface area contributed by atoms with Gasteiger partial charge in [-0.05, 0) is 26.0 Å². The zero-order valence-electron chi connectivity index (χ0n) is 10.5. The lowest BCUT2D eigenvalue weighted by Crippen LogP contribution is -2.06. The maximum Gasteiger partial charge on any atom is 0.144 e. The average molecular weight is 260 g/mol. The van der Waals surface area contributed by atoms with Crippen LogP contribution >= 0.6 is 12.9 Å². The van der Waals surface area contributed by atoms with Crippen molar-refractivity contribution in [2.24, 2.45) is 0 Å². The molecule has 0 radical (unpaired) electrons. The van der Waals surface area contributed by atoms with Crippen molar-refractivity contribution < 1.29 is 8.92 Å². The maximum absolute atomic E-state index is 5.82. The van der Waals surface area contributed by atoms with Crippen LogP contribution in [0.25, 0.3) is 11.1 Å². The van der Waals surface area contributed by atoms with Crippen molar-refractivity contribution in [3.05, 3.63) is 48.5 Å². The molecule has 2 rings (SSSR count). The maximum atomic E-state index is 5.82. The van der Waals surface area contributed by atoms with Crippen molar-refractivity contribution in [1.29, 1.82) is 0 Å². The molecule has 0 saturated heterocycles. The number of thiol groups is 1. The molecule has 2 aromatic carbocycles. The predicted molar refractivity (Wildman–Crippen MR) is 77.3 cm³/mol. The highest BCUT2D eigenvalue weighted by atomic mass is 32.1. The number of hydrogen-bond donors (Lipinski definition) is 1. The van der Waals surface area contributed by atoms with Crippen LogP contribution < -0.4 is 8.92 Å². The Morgan fingerprint density at radius 3 is 1.89 bits per heavy atom. The predicted octanol–water partition coefficient (Wildman–Crippen LogP) is 4.36. The largest absolute Gasteiger partial charge is 0.490 e. The van der Waals surface area contributed by atoms with Crippen LogP contribution in [0, 0.1) is 0 Å². The van der Waals surface area contributed by atoms with Crippen molar-refractivity contribution in [1.82, 2.24) is 0 Å². The molecule has 0 aromatic heterocycles. The monoisotopic (exact) mass is 260 g/mol. The van der Waals surface area contributed by atoms with Crippen LogP contribution in [0.5, 0.6) is 11.5 Å². The summed E-state index contributed by atoms with van der Waals surface area (Å²) >= 11 is 3.89. The lowest BCUT2D eigenvalue weighted by molar-refractivity contribution is 0.243. The molecule has 0 spiro atoms. The number of rotatable bonds is 4. The van der Waals surface area contributed by atoms with E-state index in [9.17, 15) is 0 Å². The Hall–Kier alpha value is -1.61. The molecule has 0 N–H and O–H groups in total. The van der Waals surface area contributed by atoms with Gasteiger partial charge in [-0.1, -0.05) is 36.4 Å². The molecule has 18 heavy (non-hydrogen) atoms. The summed E-state index contributed by atoms with van der Waals surface area (Å²) in [5, 5.41) is 0. The van der Waals surface area contributed by atoms with Gasteiger partial charge in [0.15, 0.2) is 0 Å². The fraction of sp³-hybridized carbons (Fsp3) is 0.200. The molecule has 0 unspecified atom stereocenters. The summed E-state index contributed by atoms with van der Waals surface area (Å²) in [5.41, 5.74) is 1.99. The molecule has 0 saturated carbocycles. The highest BCUT2D eigenvalue weighted by molar-refractivity contribution is 7.75. The minimum Gasteiger partial charge on any atom is -0.490 e. The Labute approximate surface area is 113 Å². The molecular formula is C15H16O2S. The molecular weight excluding hydrogens is 244 g/mol. The minimum absolute atomic E-state index is 0.134. The first-order valence-electron chi connectivity index (χ1n) is 5.89. The van der Waals surface area contributed by atoms with Gasteiger partial charge >= 0.3 is 0 Å². The number of hydrogen-bond acceptors (Lipinski definition) is 3. The molecule has 0 heterocycles. The third-order valence-corrected chi connectivity index (χ3v) is 2.72. The van der Waals surface area contributed by atoms with Gasteiger partial charge in [0, 0.05) is 24.0 Å². The zero-order valence-corrected chi connectivity index (χ0v) is 11.4. The fourth-order valence-corrected chi connectivity index (χ4v) is 1.97. The molecule has 0 bridgehead atoms. The van der Waals surface area contributed by atoms with Crippen molar-refractivity contribution in [2.45, 2.75) is 20.0 Å². The summed E-state index contributed by atoms with van der Waals surface area (Å²) < 4.78 is 10.9. The van der Waals surface area contributed by atoms with Crippen LogP contribution in [0.15, 0.2) is 48.5 Å². The second-order valence-corrected chi connectivity index (χ2v) is 4.43. The smallest absolute Gasteiger partial charge is 0.144 e. The molecule has 2 nitrogen and oxygen atoms in total. The van der Waals surface area contributed by atoms with E-state index in [0.717, 1.165) is 22.6 Å². The van der Waals surface area contributed by atoms with Gasteiger partial charge < -0.3 is 8.92 Å². The van der Waals surface area contributed by atoms with Crippen molar-refractivity contribution >= 4 is 12.9 Å². The van der Waals surface area contributed by atoms with Gasteiger partial charge in [0.1, 0.15) is 11.5 Å². The van der Waals surface area contributed by atoms with Crippen LogP contribution in [-0.4, -0.2) is 6.10 Å². The minimum atomic E-state index is 0.134. The second-order valence-electron chi connectivity index (χ2n) is 4.25. The van der Waals surface area contributed by atoms with Gasteiger partial charge in [0.2, 0.25) is 0 Å². The van der Waals surface area contributed by atoms with Crippen molar-refractivity contribution in [3.63, 3.8) is 0 Å². The quantitative estimate of drug-likeness (QED) is 0.650. The number of benzene rings is 2. The lowest BCUT2D eigenvalue weighted by atomic mass is 10.0. The standard InChI is InChI=1S/C15H16O2S/c1-11(2)16-14-9-5-3-7-12(14)13-8-4-6-10-15(13)17-18/h3-11,18H,1-2H3. The second kappa shape index (κ2) is 5.83. The lowest BCUT2D eigenvalue weighted by Gasteiger charge is -2.15. The highest BCUT2D eigenvalue weighted by Crippen LogP contribution is 2.36. The third kappa shape index (κ3) is 2.79. The molecule has 0 aliphatic rings. The van der Waals surface area contributed by atoms with Crippen LogP contribution in [0.2, 0.25) is 0 Å². The summed E-state index contributed by atoms with van der Waals surface area (Å²) in [4.78, 5) is 0. The first-order chi connectivity index (χ1) is 8.72. The van der Waals surface area contributed by atoms with E-state index in [-0.39, 0.29) is 6.10 Å². The van der Waals surface area contributed by atoms with Crippen LogP contribution in [0.3, 0.4) is 0 Å². The van der Waals surface area contributed by atoms with E-state index in [2.05, 4.69) is 12.9 Å². The van der Waals surface area contributed by atoms with Gasteiger partial charge in [0.05, 0.1) is 6.10 Å². The SMILES string of the molecule is CC(C)Oc1ccccc1-c1ccccc1OS. The van der Waals surface area contributed by atoms with Crippen LogP contribution in [-0.2, 0) is 0 Å². The van der Waals surface area contributed by atoms with Crippen LogP contribution in [0.4, 0.5) is 0 Å². The van der Waals surface area contributed by atoms with E-state index in [1.165, 1.54) is 0 Å². The van der Waals surface area contributed by atoms with Gasteiger partial charge in [-0.25, -0.2) is 0 Å². The topological polar surface area (TPSA) is 18.5 Å². The van der Waals surface area contributed by atoms with E-state index in [1.807, 2.05) is 62.4 Å². The van der Waals surface area contributed by atoms with Gasteiger partial charge in [-0.3, -0.25) is 0 Å². The van der Waals surface area contributed by atoms with Crippen molar-refractivity contribution in [2.75, 3.05) is 0 Å². The van der Waals surface area contributed by atoms with Gasteiger partial charge in [-0.15, -0.1) is 0 Å². The summed E-state index contributed by atoms with van der Waals surface area (Å²) in [6.45, 7) is 4.02. The Morgan fingerprint density at radius 1 is 0.833 bits per heavy atom. The molecule has 3 heteroatoms. The molecule has 0 fully saturated rings. The van der Waals surface area contributed by atoms with E-state index < -0.39 is 0 Å². The average Bonchev–Trinajstić information content (AvgIpc) is 2.39.